The van der Waals surface area contributed by atoms with Gasteiger partial charge in [0.2, 0.25) is 0 Å². The maximum absolute atomic E-state index is 13.7. The van der Waals surface area contributed by atoms with Crippen LogP contribution in [0.2, 0.25) is 0 Å². The summed E-state index contributed by atoms with van der Waals surface area (Å²) in [6.45, 7) is 10.6. The van der Waals surface area contributed by atoms with Gasteiger partial charge in [0.1, 0.15) is 30.5 Å². The number of hydrogen-bond donors (Lipinski definition) is 3. The molecule has 3 rings (SSSR count). The second-order valence-corrected chi connectivity index (χ2v) is 13.6. The van der Waals surface area contributed by atoms with E-state index in [0.717, 1.165) is 16.1 Å². The first kappa shape index (κ1) is 39.8. The van der Waals surface area contributed by atoms with Crippen LogP contribution in [0.5, 0.6) is 0 Å². The van der Waals surface area contributed by atoms with E-state index >= 15 is 0 Å². The highest BCUT2D eigenvalue weighted by Gasteiger charge is 2.30. The summed E-state index contributed by atoms with van der Waals surface area (Å²) in [6.07, 6.45) is -0.452. The topological polar surface area (TPSA) is 162 Å². The molecule has 0 radical (unpaired) electrons. The zero-order valence-corrected chi connectivity index (χ0v) is 30.0. The van der Waals surface area contributed by atoms with Gasteiger partial charge in [-0.2, -0.15) is 0 Å². The summed E-state index contributed by atoms with van der Waals surface area (Å²) in [5.41, 5.74) is 2.77. The molecule has 3 N–H and O–H groups in total. The summed E-state index contributed by atoms with van der Waals surface area (Å²) in [6, 6.07) is 22.3. The quantitative estimate of drug-likeness (QED) is 0.0752. The maximum atomic E-state index is 13.7. The number of unbranched alkanes of at least 4 members (excludes halogenated alkanes) is 1. The van der Waals surface area contributed by atoms with E-state index < -0.39 is 47.4 Å². The van der Waals surface area contributed by atoms with Gasteiger partial charge in [-0.25, -0.2) is 34.4 Å². The van der Waals surface area contributed by atoms with Gasteiger partial charge in [0.25, 0.3) is 0 Å². The molecule has 0 aromatic heterocycles. The zero-order valence-electron chi connectivity index (χ0n) is 30.0. The molecule has 0 spiro atoms. The number of esters is 2. The molecule has 0 unspecified atom stereocenters. The maximum Gasteiger partial charge on any atom is 0.427 e. The van der Waals surface area contributed by atoms with Crippen molar-refractivity contribution in [2.24, 2.45) is 0 Å². The number of urea groups is 1. The van der Waals surface area contributed by atoms with Gasteiger partial charge in [0, 0.05) is 6.54 Å². The van der Waals surface area contributed by atoms with E-state index in [0.29, 0.717) is 12.8 Å². The molecule has 0 aliphatic heterocycles. The van der Waals surface area contributed by atoms with Gasteiger partial charge in [0.05, 0.1) is 11.3 Å². The van der Waals surface area contributed by atoms with Gasteiger partial charge in [-0.15, -0.1) is 0 Å². The lowest BCUT2D eigenvalue weighted by Gasteiger charge is -2.29. The number of hydrogen-bond acceptors (Lipinski definition) is 9. The van der Waals surface area contributed by atoms with Crippen LogP contribution in [0.15, 0.2) is 84.9 Å². The van der Waals surface area contributed by atoms with Gasteiger partial charge in [0.15, 0.2) is 0 Å². The molecule has 0 saturated heterocycles. The molecule has 0 aliphatic rings. The summed E-state index contributed by atoms with van der Waals surface area (Å²) in [7, 11) is 0. The largest absolute Gasteiger partial charge is 0.458 e. The minimum atomic E-state index is -1.11. The molecule has 0 saturated carbocycles. The zero-order chi connectivity index (χ0) is 37.4. The summed E-state index contributed by atoms with van der Waals surface area (Å²) >= 11 is 0. The van der Waals surface area contributed by atoms with Gasteiger partial charge in [-0.05, 0) is 96.2 Å². The fraction of sp³-hybridized carbons (Fsp3) is 0.395. The second kappa shape index (κ2) is 19.0. The Morgan fingerprint density at radius 2 is 1.22 bits per heavy atom. The highest BCUT2D eigenvalue weighted by Crippen LogP contribution is 2.18. The SMILES string of the molecule is CC(C)(C)OC(=O)NN(C(=O)N[C@@H](CCCCNC(=O)OCc1ccccc1)C(=O)OC(C)(C)C)c1ccc(C(=O)OCc2ccccc2)cc1. The third kappa shape index (κ3) is 15.2. The van der Waals surface area contributed by atoms with Crippen LogP contribution in [0.1, 0.15) is 82.3 Å². The smallest absolute Gasteiger partial charge is 0.427 e. The third-order valence-electron chi connectivity index (χ3n) is 6.77. The predicted octanol–water partition coefficient (Wildman–Crippen LogP) is 6.81. The van der Waals surface area contributed by atoms with Crippen LogP contribution >= 0.6 is 0 Å². The molecule has 0 fully saturated rings. The van der Waals surface area contributed by atoms with Crippen LogP contribution in [0.4, 0.5) is 20.1 Å². The van der Waals surface area contributed by atoms with Crippen LogP contribution < -0.4 is 21.1 Å². The normalized spacial score (nSPS) is 11.7. The molecule has 0 bridgehead atoms. The number of carbonyl (C=O) groups is 5. The van der Waals surface area contributed by atoms with Crippen molar-refractivity contribution in [3.05, 3.63) is 102 Å². The van der Waals surface area contributed by atoms with E-state index in [9.17, 15) is 24.0 Å². The lowest BCUT2D eigenvalue weighted by molar-refractivity contribution is -0.157. The minimum Gasteiger partial charge on any atom is -0.458 e. The Morgan fingerprint density at radius 3 is 1.76 bits per heavy atom. The van der Waals surface area contributed by atoms with E-state index in [-0.39, 0.29) is 37.4 Å². The predicted molar refractivity (Wildman–Crippen MR) is 190 cm³/mol. The average Bonchev–Trinajstić information content (AvgIpc) is 3.07. The van der Waals surface area contributed by atoms with Crippen molar-refractivity contribution in [2.75, 3.05) is 11.6 Å². The first-order valence-electron chi connectivity index (χ1n) is 16.7. The first-order valence-corrected chi connectivity index (χ1v) is 16.7. The lowest BCUT2D eigenvalue weighted by Crippen LogP contribution is -2.56. The number of alkyl carbamates (subject to hydrolysis) is 1. The molecule has 51 heavy (non-hydrogen) atoms. The van der Waals surface area contributed by atoms with Crippen molar-refractivity contribution < 1.29 is 42.9 Å². The summed E-state index contributed by atoms with van der Waals surface area (Å²) in [5.74, 6) is -1.26. The Hall–Kier alpha value is -5.59. The van der Waals surface area contributed by atoms with Crippen molar-refractivity contribution in [3.8, 4) is 0 Å². The van der Waals surface area contributed by atoms with Crippen LogP contribution in [-0.2, 0) is 37.0 Å². The Labute approximate surface area is 298 Å². The highest BCUT2D eigenvalue weighted by atomic mass is 16.6. The van der Waals surface area contributed by atoms with Crippen molar-refractivity contribution in [1.82, 2.24) is 16.1 Å². The average molecular weight is 705 g/mol. The van der Waals surface area contributed by atoms with Gasteiger partial charge in [-0.3, -0.25) is 0 Å². The number of anilines is 1. The van der Waals surface area contributed by atoms with E-state index in [1.807, 2.05) is 60.7 Å². The molecule has 0 heterocycles. The fourth-order valence-corrected chi connectivity index (χ4v) is 4.45. The van der Waals surface area contributed by atoms with E-state index in [1.165, 1.54) is 24.3 Å². The number of hydrazine groups is 1. The van der Waals surface area contributed by atoms with Crippen molar-refractivity contribution in [1.29, 1.82) is 0 Å². The summed E-state index contributed by atoms with van der Waals surface area (Å²) in [4.78, 5) is 64.6. The van der Waals surface area contributed by atoms with Crippen LogP contribution in [0.25, 0.3) is 0 Å². The number of rotatable bonds is 13. The molecule has 274 valence electrons. The number of amides is 4. The Balaban J connectivity index is 1.68. The first-order chi connectivity index (χ1) is 24.1. The van der Waals surface area contributed by atoms with E-state index in [2.05, 4.69) is 16.1 Å². The molecule has 3 aromatic carbocycles. The molecule has 0 aliphatic carbocycles. The highest BCUT2D eigenvalue weighted by molar-refractivity contribution is 5.97. The molecule has 1 atom stereocenters. The van der Waals surface area contributed by atoms with E-state index in [1.54, 1.807) is 41.5 Å². The van der Waals surface area contributed by atoms with E-state index in [4.69, 9.17) is 18.9 Å². The van der Waals surface area contributed by atoms with Gasteiger partial charge in [-0.1, -0.05) is 60.7 Å². The van der Waals surface area contributed by atoms with Gasteiger partial charge >= 0.3 is 30.2 Å². The standard InChI is InChI=1S/C38H48N4O9/c1-37(2,3)50-33(44)31(19-13-14-24-39-35(46)49-26-28-17-11-8-12-18-28)40-34(45)42(41-36(47)51-38(4,5)6)30-22-20-29(21-23-30)32(43)48-25-27-15-9-7-10-16-27/h7-12,15-18,20-23,31H,13-14,19,24-26H2,1-6H3,(H,39,46)(H,40,45)(H,41,47)/t31-/m0/s1. The second-order valence-electron chi connectivity index (χ2n) is 13.6. The van der Waals surface area contributed by atoms with Crippen LogP contribution in [-0.4, -0.2) is 53.9 Å². The summed E-state index contributed by atoms with van der Waals surface area (Å²) in [5, 5.41) is 6.22. The number of benzene rings is 3. The van der Waals surface area contributed by atoms with Crippen molar-refractivity contribution in [2.45, 2.75) is 91.3 Å². The van der Waals surface area contributed by atoms with Crippen LogP contribution in [0.3, 0.4) is 0 Å². The molecule has 3 aromatic rings. The Kier molecular flexibility index (Phi) is 14.8. The fourth-order valence-electron chi connectivity index (χ4n) is 4.45. The van der Waals surface area contributed by atoms with Gasteiger partial charge < -0.3 is 29.6 Å². The molecule has 4 amide bonds. The van der Waals surface area contributed by atoms with Crippen LogP contribution in [0, 0.1) is 0 Å². The molecule has 13 heteroatoms. The Bertz CT molecular complexity index is 1590. The van der Waals surface area contributed by atoms with Crippen molar-refractivity contribution in [3.63, 3.8) is 0 Å². The summed E-state index contributed by atoms with van der Waals surface area (Å²) < 4.78 is 21.6. The minimum absolute atomic E-state index is 0.0800. The van der Waals surface area contributed by atoms with Crippen molar-refractivity contribution >= 4 is 35.8 Å². The molecular formula is C38H48N4O9. The molecular weight excluding hydrogens is 656 g/mol. The number of nitrogens with one attached hydrogen (secondary N) is 3. The Morgan fingerprint density at radius 1 is 0.667 bits per heavy atom. The lowest BCUT2D eigenvalue weighted by atomic mass is 10.1. The number of ether oxygens (including phenoxy) is 4. The molecule has 13 nitrogen and oxygen atoms in total. The number of carbonyl (C=O) groups excluding carboxylic acids is 5. The third-order valence-corrected chi connectivity index (χ3v) is 6.77. The number of nitrogens with zero attached hydrogens (tertiary/aromatic N) is 1. The monoisotopic (exact) mass is 704 g/mol.